The van der Waals surface area contributed by atoms with E-state index in [9.17, 15) is 18.0 Å². The average Bonchev–Trinajstić information content (AvgIpc) is 3.49. The van der Waals surface area contributed by atoms with Gasteiger partial charge in [-0.15, -0.1) is 11.3 Å². The van der Waals surface area contributed by atoms with Gasteiger partial charge >= 0.3 is 12.1 Å². The van der Waals surface area contributed by atoms with Crippen LogP contribution < -0.4 is 5.32 Å². The summed E-state index contributed by atoms with van der Waals surface area (Å²) in [6.07, 6.45) is -0.802. The van der Waals surface area contributed by atoms with Crippen molar-refractivity contribution < 1.29 is 37.0 Å². The summed E-state index contributed by atoms with van der Waals surface area (Å²) < 4.78 is 43.1. The van der Waals surface area contributed by atoms with Crippen molar-refractivity contribution in [2.75, 3.05) is 6.54 Å². The van der Waals surface area contributed by atoms with E-state index in [0.717, 1.165) is 38.1 Å². The van der Waals surface area contributed by atoms with Gasteiger partial charge in [-0.25, -0.2) is 4.79 Å². The first kappa shape index (κ1) is 23.3. The zero-order valence-corrected chi connectivity index (χ0v) is 17.3. The van der Waals surface area contributed by atoms with E-state index in [4.69, 9.17) is 19.1 Å². The van der Waals surface area contributed by atoms with Gasteiger partial charge in [0.2, 0.25) is 5.91 Å². The van der Waals surface area contributed by atoms with Crippen molar-refractivity contribution in [3.05, 3.63) is 46.5 Å². The van der Waals surface area contributed by atoms with Gasteiger partial charge in [-0.1, -0.05) is 6.07 Å². The first-order chi connectivity index (χ1) is 14.7. The van der Waals surface area contributed by atoms with E-state index in [0.29, 0.717) is 12.6 Å². The lowest BCUT2D eigenvalue weighted by atomic mass is 9.98. The molecule has 2 aliphatic rings. The van der Waals surface area contributed by atoms with Crippen LogP contribution in [0.1, 0.15) is 29.9 Å². The van der Waals surface area contributed by atoms with Crippen molar-refractivity contribution in [1.82, 2.24) is 10.2 Å². The number of furan rings is 1. The van der Waals surface area contributed by atoms with Crippen molar-refractivity contribution >= 4 is 23.2 Å². The Morgan fingerprint density at radius 2 is 2.00 bits per heavy atom. The lowest BCUT2D eigenvalue weighted by Crippen LogP contribution is -2.47. The first-order valence-corrected chi connectivity index (χ1v) is 10.6. The summed E-state index contributed by atoms with van der Waals surface area (Å²) in [5, 5.41) is 12.2. The maximum atomic E-state index is 12.3. The fourth-order valence-corrected chi connectivity index (χ4v) is 4.44. The molecular formula is C20H23F3N2O5S. The number of fused-ring (bicyclic) bond motifs is 1. The molecule has 7 nitrogen and oxygen atoms in total. The summed E-state index contributed by atoms with van der Waals surface area (Å²) in [7, 11) is 0. The van der Waals surface area contributed by atoms with Gasteiger partial charge in [0.25, 0.3) is 0 Å². The molecule has 11 heteroatoms. The highest BCUT2D eigenvalue weighted by Gasteiger charge is 2.41. The number of alkyl halides is 3. The monoisotopic (exact) mass is 460 g/mol. The number of carbonyl (C=O) groups is 2. The van der Waals surface area contributed by atoms with E-state index in [2.05, 4.69) is 27.7 Å². The third-order valence-corrected chi connectivity index (χ3v) is 6.01. The van der Waals surface area contributed by atoms with Crippen LogP contribution in [-0.4, -0.2) is 52.9 Å². The molecular weight excluding hydrogens is 437 g/mol. The van der Waals surface area contributed by atoms with Crippen molar-refractivity contribution in [1.29, 1.82) is 0 Å². The zero-order chi connectivity index (χ0) is 22.4. The largest absolute Gasteiger partial charge is 0.490 e. The van der Waals surface area contributed by atoms with Crippen LogP contribution in [0.25, 0.3) is 0 Å². The molecule has 2 N–H and O–H groups in total. The van der Waals surface area contributed by atoms with Gasteiger partial charge < -0.3 is 19.6 Å². The number of ether oxygens (including phenoxy) is 1. The lowest BCUT2D eigenvalue weighted by Gasteiger charge is -2.35. The summed E-state index contributed by atoms with van der Waals surface area (Å²) in [5.74, 6) is -2.02. The minimum atomic E-state index is -5.08. The normalized spacial score (nSPS) is 23.5. The van der Waals surface area contributed by atoms with E-state index in [-0.39, 0.29) is 18.1 Å². The number of hydrogen-bond donors (Lipinski definition) is 2. The van der Waals surface area contributed by atoms with E-state index in [1.165, 1.54) is 4.88 Å². The molecule has 3 atom stereocenters. The van der Waals surface area contributed by atoms with Gasteiger partial charge in [-0.05, 0) is 42.8 Å². The second-order valence-corrected chi connectivity index (χ2v) is 8.28. The number of halogens is 3. The molecule has 0 bridgehead atoms. The Kier molecular flexibility index (Phi) is 7.74. The molecule has 2 aromatic heterocycles. The predicted molar refractivity (Wildman–Crippen MR) is 105 cm³/mol. The number of nitrogens with one attached hydrogen (secondary N) is 1. The predicted octanol–water partition coefficient (Wildman–Crippen LogP) is 3.41. The smallest absolute Gasteiger partial charge is 0.475 e. The van der Waals surface area contributed by atoms with Crippen LogP contribution in [0.15, 0.2) is 40.3 Å². The number of likely N-dealkylation sites (tertiary alicyclic amines) is 1. The maximum Gasteiger partial charge on any atom is 0.490 e. The summed E-state index contributed by atoms with van der Waals surface area (Å²) in [5.41, 5.74) is 0. The minimum Gasteiger partial charge on any atom is -0.475 e. The third kappa shape index (κ3) is 6.55. The number of rotatable bonds is 5. The van der Waals surface area contributed by atoms with Gasteiger partial charge in [0.15, 0.2) is 0 Å². The van der Waals surface area contributed by atoms with Gasteiger partial charge in [0, 0.05) is 24.0 Å². The number of carboxylic acid groups (broad SMARTS) is 1. The van der Waals surface area contributed by atoms with Crippen LogP contribution in [0.5, 0.6) is 0 Å². The fourth-order valence-electron chi connectivity index (χ4n) is 3.71. The third-order valence-electron chi connectivity index (χ3n) is 5.15. The van der Waals surface area contributed by atoms with Gasteiger partial charge in [-0.2, -0.15) is 13.2 Å². The summed E-state index contributed by atoms with van der Waals surface area (Å²) >= 11 is 1.80. The van der Waals surface area contributed by atoms with Gasteiger partial charge in [0.1, 0.15) is 11.9 Å². The molecule has 170 valence electrons. The second-order valence-electron chi connectivity index (χ2n) is 7.25. The molecule has 0 aliphatic carbocycles. The highest BCUT2D eigenvalue weighted by molar-refractivity contribution is 7.09. The Hall–Kier alpha value is -2.37. The first-order valence-electron chi connectivity index (χ1n) is 9.76. The second kappa shape index (κ2) is 10.3. The van der Waals surface area contributed by atoms with Crippen molar-refractivity contribution in [3.63, 3.8) is 0 Å². The molecule has 31 heavy (non-hydrogen) atoms. The van der Waals surface area contributed by atoms with Crippen molar-refractivity contribution in [2.24, 2.45) is 0 Å². The summed E-state index contributed by atoms with van der Waals surface area (Å²) in [6, 6.07) is 8.42. The summed E-state index contributed by atoms with van der Waals surface area (Å²) in [6.45, 7) is 2.47. The molecule has 0 spiro atoms. The number of carbonyl (C=O) groups excluding carboxylic acids is 1. The average molecular weight is 460 g/mol. The van der Waals surface area contributed by atoms with E-state index in [1.54, 1.807) is 17.6 Å². The number of carboxylic acids is 1. The molecule has 1 amide bonds. The number of thiophene rings is 1. The highest BCUT2D eigenvalue weighted by Crippen LogP contribution is 2.33. The van der Waals surface area contributed by atoms with E-state index in [1.807, 2.05) is 12.1 Å². The molecule has 2 aromatic rings. The molecule has 2 fully saturated rings. The van der Waals surface area contributed by atoms with Crippen LogP contribution in [0.3, 0.4) is 0 Å². The number of aliphatic carboxylic acids is 1. The Balaban J connectivity index is 0.000000339. The van der Waals surface area contributed by atoms with Crippen LogP contribution in [0.2, 0.25) is 0 Å². The Labute approximate surface area is 180 Å². The molecule has 0 saturated carbocycles. The van der Waals surface area contributed by atoms with Crippen LogP contribution in [0.4, 0.5) is 13.2 Å². The Bertz CT molecular complexity index is 842. The molecule has 2 aliphatic heterocycles. The maximum absolute atomic E-state index is 12.3. The summed E-state index contributed by atoms with van der Waals surface area (Å²) in [4.78, 5) is 25.1. The lowest BCUT2D eigenvalue weighted by molar-refractivity contribution is -0.192. The standard InChI is InChI=1S/C18H22N2O3S.C2HF3O2/c21-18(19-11-13-3-1-9-22-13)17-6-5-15-16(23-17)7-8-20(15)12-14-4-2-10-24-14;3-2(4,5)1(6)7/h1-4,9-10,15-17H,5-8,11-12H2,(H,19,21);(H,6,7)/t15-,16-,17+;/m1./s1. The topological polar surface area (TPSA) is 92.0 Å². The highest BCUT2D eigenvalue weighted by atomic mass is 32.1. The van der Waals surface area contributed by atoms with Gasteiger partial charge in [0.05, 0.1) is 18.9 Å². The molecule has 0 aromatic carbocycles. The zero-order valence-electron chi connectivity index (χ0n) is 16.5. The molecule has 0 unspecified atom stereocenters. The SMILES string of the molecule is O=C(NCc1ccco1)[C@@H]1CC[C@@H]2[C@@H](CCN2Cc2cccs2)O1.O=C(O)C(F)(F)F. The minimum absolute atomic E-state index is 0.0263. The number of hydrogen-bond acceptors (Lipinski definition) is 6. The van der Waals surface area contributed by atoms with Crippen molar-refractivity contribution in [2.45, 2.75) is 56.8 Å². The fraction of sp³-hybridized carbons (Fsp3) is 0.500. The van der Waals surface area contributed by atoms with Crippen LogP contribution in [0, 0.1) is 0 Å². The van der Waals surface area contributed by atoms with Crippen LogP contribution >= 0.6 is 11.3 Å². The molecule has 0 radical (unpaired) electrons. The Morgan fingerprint density at radius 3 is 2.61 bits per heavy atom. The molecule has 4 rings (SSSR count). The van der Waals surface area contributed by atoms with E-state index < -0.39 is 12.1 Å². The van der Waals surface area contributed by atoms with Crippen LogP contribution in [-0.2, 0) is 27.4 Å². The molecule has 4 heterocycles. The quantitative estimate of drug-likeness (QED) is 0.711. The molecule has 2 saturated heterocycles. The number of nitrogens with zero attached hydrogens (tertiary/aromatic N) is 1. The van der Waals surface area contributed by atoms with Crippen molar-refractivity contribution in [3.8, 4) is 0 Å². The van der Waals surface area contributed by atoms with Gasteiger partial charge in [-0.3, -0.25) is 9.69 Å². The Morgan fingerprint density at radius 1 is 1.23 bits per heavy atom. The van der Waals surface area contributed by atoms with E-state index >= 15 is 0 Å². The number of amides is 1.